The van der Waals surface area contributed by atoms with Crippen molar-refractivity contribution in [3.05, 3.63) is 97.2 Å². The fourth-order valence-corrected chi connectivity index (χ4v) is 2.12. The van der Waals surface area contributed by atoms with E-state index in [9.17, 15) is 0 Å². The Balaban J connectivity index is -0.000000408. The first kappa shape index (κ1) is 30.8. The van der Waals surface area contributed by atoms with Gasteiger partial charge in [0.25, 0.3) is 0 Å². The van der Waals surface area contributed by atoms with Gasteiger partial charge in [-0.05, 0) is 37.5 Å². The van der Waals surface area contributed by atoms with E-state index in [1.807, 2.05) is 71.9 Å². The van der Waals surface area contributed by atoms with Gasteiger partial charge in [-0.1, -0.05) is 116 Å². The number of rotatable bonds is 8. The van der Waals surface area contributed by atoms with Crippen LogP contribution in [-0.2, 0) is 0 Å². The molecule has 0 aromatic heterocycles. The third-order valence-corrected chi connectivity index (χ3v) is 2.91. The molecule has 0 saturated heterocycles. The van der Waals surface area contributed by atoms with E-state index in [0.717, 1.165) is 5.57 Å². The van der Waals surface area contributed by atoms with Crippen LogP contribution in [0.4, 0.5) is 0 Å². The van der Waals surface area contributed by atoms with Gasteiger partial charge >= 0.3 is 0 Å². The zero-order valence-electron chi connectivity index (χ0n) is 17.0. The van der Waals surface area contributed by atoms with E-state index in [0.29, 0.717) is 0 Å². The van der Waals surface area contributed by atoms with E-state index in [1.165, 1.54) is 11.1 Å². The lowest BCUT2D eigenvalue weighted by Gasteiger charge is -2.21. The van der Waals surface area contributed by atoms with Crippen molar-refractivity contribution in [1.29, 1.82) is 0 Å². The maximum absolute atomic E-state index is 3.94. The SMILES string of the molecule is C.C=C/C=C(\C=C)C(C(/C=C\C)=C/C)C(/C=C\C)=C/C=C.CC.CC. The predicted molar refractivity (Wildman–Crippen MR) is 123 cm³/mol. The molecule has 0 nitrogen and oxygen atoms in total. The number of allylic oxidation sites excluding steroid dienone is 13. The molecule has 1 atom stereocenters. The summed E-state index contributed by atoms with van der Waals surface area (Å²) in [5.41, 5.74) is 3.53. The molecule has 0 saturated carbocycles. The maximum Gasteiger partial charge on any atom is 0.0336 e. The second-order valence-electron chi connectivity index (χ2n) is 4.23. The lowest BCUT2D eigenvalue weighted by molar-refractivity contribution is 0.901. The van der Waals surface area contributed by atoms with Gasteiger partial charge < -0.3 is 0 Å². The molecule has 0 aliphatic carbocycles. The average molecular weight is 343 g/mol. The van der Waals surface area contributed by atoms with Crippen LogP contribution >= 0.6 is 0 Å². The first-order valence-corrected chi connectivity index (χ1v) is 8.89. The first-order chi connectivity index (χ1) is 11.7. The summed E-state index contributed by atoms with van der Waals surface area (Å²) in [7, 11) is 0. The van der Waals surface area contributed by atoms with Crippen molar-refractivity contribution < 1.29 is 0 Å². The van der Waals surface area contributed by atoms with Crippen molar-refractivity contribution in [1.82, 2.24) is 0 Å². The Morgan fingerprint density at radius 1 is 0.680 bits per heavy atom. The van der Waals surface area contributed by atoms with Crippen LogP contribution in [0.5, 0.6) is 0 Å². The molecule has 0 aromatic carbocycles. The van der Waals surface area contributed by atoms with Crippen molar-refractivity contribution in [2.45, 2.75) is 55.9 Å². The van der Waals surface area contributed by atoms with Crippen LogP contribution in [-0.4, -0.2) is 0 Å². The van der Waals surface area contributed by atoms with E-state index in [4.69, 9.17) is 0 Å². The summed E-state index contributed by atoms with van der Waals surface area (Å²) in [6.07, 6.45) is 20.0. The molecule has 0 aromatic rings. The van der Waals surface area contributed by atoms with Crippen molar-refractivity contribution in [3.63, 3.8) is 0 Å². The summed E-state index contributed by atoms with van der Waals surface area (Å²) < 4.78 is 0. The van der Waals surface area contributed by atoms with E-state index < -0.39 is 0 Å². The molecule has 25 heavy (non-hydrogen) atoms. The molecule has 0 radical (unpaired) electrons. The maximum atomic E-state index is 3.94. The number of hydrogen-bond donors (Lipinski definition) is 0. The Morgan fingerprint density at radius 3 is 1.40 bits per heavy atom. The number of hydrogen-bond acceptors (Lipinski definition) is 0. The van der Waals surface area contributed by atoms with Gasteiger partial charge in [-0.25, -0.2) is 0 Å². The topological polar surface area (TPSA) is 0 Å². The van der Waals surface area contributed by atoms with Crippen molar-refractivity contribution >= 4 is 0 Å². The average Bonchev–Trinajstić information content (AvgIpc) is 2.63. The monoisotopic (exact) mass is 342 g/mol. The molecule has 0 N–H and O–H groups in total. The zero-order chi connectivity index (χ0) is 19.4. The van der Waals surface area contributed by atoms with Gasteiger partial charge in [0.1, 0.15) is 0 Å². The van der Waals surface area contributed by atoms with E-state index in [-0.39, 0.29) is 13.3 Å². The minimum atomic E-state index is 0. The second kappa shape index (κ2) is 24.2. The van der Waals surface area contributed by atoms with Crippen LogP contribution in [0, 0.1) is 5.92 Å². The minimum Gasteiger partial charge on any atom is -0.0991 e. The molecule has 0 bridgehead atoms. The van der Waals surface area contributed by atoms with Gasteiger partial charge in [-0.2, -0.15) is 0 Å². The van der Waals surface area contributed by atoms with Gasteiger partial charge in [-0.3, -0.25) is 0 Å². The van der Waals surface area contributed by atoms with Crippen LogP contribution in [0.1, 0.15) is 55.9 Å². The van der Waals surface area contributed by atoms with Gasteiger partial charge in [0.15, 0.2) is 0 Å². The molecule has 0 rings (SSSR count). The molecule has 0 spiro atoms. The molecule has 0 heterocycles. The van der Waals surface area contributed by atoms with Gasteiger partial charge in [0.05, 0.1) is 0 Å². The molecule has 0 aliphatic rings. The fourth-order valence-electron chi connectivity index (χ4n) is 2.12. The van der Waals surface area contributed by atoms with Gasteiger partial charge in [0, 0.05) is 5.92 Å². The quantitative estimate of drug-likeness (QED) is 0.386. The Morgan fingerprint density at radius 2 is 1.08 bits per heavy atom. The van der Waals surface area contributed by atoms with Crippen molar-refractivity contribution in [3.8, 4) is 0 Å². The summed E-state index contributed by atoms with van der Waals surface area (Å²) in [5.74, 6) is 0.140. The lowest BCUT2D eigenvalue weighted by Crippen LogP contribution is -2.08. The minimum absolute atomic E-state index is 0. The fraction of sp³-hybridized carbons (Fsp3) is 0.360. The summed E-state index contributed by atoms with van der Waals surface area (Å²) >= 11 is 0. The Labute approximate surface area is 159 Å². The third-order valence-electron chi connectivity index (χ3n) is 2.91. The Bertz CT molecular complexity index is 476. The molecule has 0 heteroatoms. The first-order valence-electron chi connectivity index (χ1n) is 8.89. The summed E-state index contributed by atoms with van der Waals surface area (Å²) in [5, 5.41) is 0. The van der Waals surface area contributed by atoms with Gasteiger partial charge in [0.2, 0.25) is 0 Å². The molecular weight excluding hydrogens is 300 g/mol. The summed E-state index contributed by atoms with van der Waals surface area (Å²) in [6.45, 7) is 25.6. The lowest BCUT2D eigenvalue weighted by atomic mass is 9.82. The molecule has 142 valence electrons. The third kappa shape index (κ3) is 12.9. The highest BCUT2D eigenvalue weighted by Gasteiger charge is 2.17. The van der Waals surface area contributed by atoms with Crippen LogP contribution in [0.15, 0.2) is 97.2 Å². The van der Waals surface area contributed by atoms with Gasteiger partial charge in [-0.15, -0.1) is 0 Å². The van der Waals surface area contributed by atoms with Crippen molar-refractivity contribution in [2.24, 2.45) is 5.92 Å². The van der Waals surface area contributed by atoms with Crippen LogP contribution in [0.25, 0.3) is 0 Å². The highest BCUT2D eigenvalue weighted by atomic mass is 14.2. The molecular formula is C25H42. The largest absolute Gasteiger partial charge is 0.0991 e. The van der Waals surface area contributed by atoms with Crippen LogP contribution in [0.2, 0.25) is 0 Å². The van der Waals surface area contributed by atoms with E-state index >= 15 is 0 Å². The Kier molecular flexibility index (Phi) is 29.8. The Hall–Kier alpha value is -2.08. The summed E-state index contributed by atoms with van der Waals surface area (Å²) in [4.78, 5) is 0. The van der Waals surface area contributed by atoms with Crippen LogP contribution < -0.4 is 0 Å². The van der Waals surface area contributed by atoms with E-state index in [1.54, 1.807) is 6.08 Å². The smallest absolute Gasteiger partial charge is 0.0336 e. The predicted octanol–water partition coefficient (Wildman–Crippen LogP) is 8.80. The zero-order valence-corrected chi connectivity index (χ0v) is 17.0. The van der Waals surface area contributed by atoms with Crippen LogP contribution in [0.3, 0.4) is 0 Å². The van der Waals surface area contributed by atoms with E-state index in [2.05, 4.69) is 51.0 Å². The molecule has 1 unspecified atom stereocenters. The second-order valence-corrected chi connectivity index (χ2v) is 4.23. The molecule has 0 aliphatic heterocycles. The molecule has 0 fully saturated rings. The van der Waals surface area contributed by atoms with Crippen molar-refractivity contribution in [2.75, 3.05) is 0 Å². The highest BCUT2D eigenvalue weighted by Crippen LogP contribution is 2.31. The standard InChI is InChI=1S/C20H26.2C2H6.CH4/c1-7-13-17(11-5)20(18(12-6)14-8-2)19(15-9-3)16-10-4;2*1-2;/h7-16,20H,1,3,5H2,2,4,6H3;2*1-2H3;1H4/b14-8-,16-10-,17-13+,18-12+,19-15+;;;. The summed E-state index contributed by atoms with van der Waals surface area (Å²) in [6, 6.07) is 0. The highest BCUT2D eigenvalue weighted by molar-refractivity contribution is 5.47. The normalized spacial score (nSPS) is 13.0. The molecule has 0 amide bonds.